The van der Waals surface area contributed by atoms with Gasteiger partial charge in [0.05, 0.1) is 20.8 Å². The van der Waals surface area contributed by atoms with E-state index >= 15 is 0 Å². The lowest BCUT2D eigenvalue weighted by Gasteiger charge is -2.33. The second-order valence-electron chi connectivity index (χ2n) is 7.53. The summed E-state index contributed by atoms with van der Waals surface area (Å²) in [6.07, 6.45) is 3.46. The van der Waals surface area contributed by atoms with Crippen LogP contribution in [0.2, 0.25) is 0 Å². The Morgan fingerprint density at radius 1 is 1.14 bits per heavy atom. The highest BCUT2D eigenvalue weighted by atomic mass is 16.7. The summed E-state index contributed by atoms with van der Waals surface area (Å²) < 4.78 is 10.5. The van der Waals surface area contributed by atoms with Crippen molar-refractivity contribution in [3.63, 3.8) is 0 Å². The molecule has 0 spiro atoms. The summed E-state index contributed by atoms with van der Waals surface area (Å²) in [4.78, 5) is 32.5. The number of hydrogen-bond acceptors (Lipinski definition) is 6. The van der Waals surface area contributed by atoms with Gasteiger partial charge in [0, 0.05) is 50.8 Å². The Kier molecular flexibility index (Phi) is 7.71. The number of amides is 2. The lowest BCUT2D eigenvalue weighted by molar-refractivity contribution is -0.140. The van der Waals surface area contributed by atoms with Crippen molar-refractivity contribution in [1.29, 1.82) is 0 Å². The summed E-state index contributed by atoms with van der Waals surface area (Å²) in [5.74, 6) is 1.40. The maximum atomic E-state index is 12.6. The van der Waals surface area contributed by atoms with Crippen molar-refractivity contribution in [2.45, 2.75) is 25.7 Å². The van der Waals surface area contributed by atoms with Crippen LogP contribution in [0.15, 0.2) is 18.2 Å². The van der Waals surface area contributed by atoms with Crippen LogP contribution in [0.3, 0.4) is 0 Å². The Labute approximate surface area is 172 Å². The molecule has 8 heteroatoms. The minimum atomic E-state index is -0.170. The maximum Gasteiger partial charge on any atom is 0.251 e. The number of rotatable bonds is 8. The standard InChI is InChI=1S/C21H31N3O5/c1-27-18-11-17(12-19(13-18)28-2)21(26)22-14-16-5-3-7-23(15-16)20(25)6-9-24-8-4-10-29-24/h11-13,16H,3-10,14-15H2,1-2H3,(H,22,26). The number of carbonyl (C=O) groups excluding carboxylic acids is 2. The van der Waals surface area contributed by atoms with E-state index in [2.05, 4.69) is 5.32 Å². The molecule has 8 nitrogen and oxygen atoms in total. The first-order chi connectivity index (χ1) is 14.1. The summed E-state index contributed by atoms with van der Waals surface area (Å²) in [5.41, 5.74) is 0.496. The Morgan fingerprint density at radius 2 is 1.90 bits per heavy atom. The predicted molar refractivity (Wildman–Crippen MR) is 108 cm³/mol. The van der Waals surface area contributed by atoms with Crippen molar-refractivity contribution in [3.05, 3.63) is 23.8 Å². The fraction of sp³-hybridized carbons (Fsp3) is 0.619. The quantitative estimate of drug-likeness (QED) is 0.709. The van der Waals surface area contributed by atoms with Crippen molar-refractivity contribution in [2.24, 2.45) is 5.92 Å². The number of nitrogens with zero attached hydrogens (tertiary/aromatic N) is 2. The minimum Gasteiger partial charge on any atom is -0.497 e. The minimum absolute atomic E-state index is 0.161. The monoisotopic (exact) mass is 405 g/mol. The van der Waals surface area contributed by atoms with Gasteiger partial charge in [-0.2, -0.15) is 5.06 Å². The zero-order valence-electron chi connectivity index (χ0n) is 17.3. The topological polar surface area (TPSA) is 80.3 Å². The summed E-state index contributed by atoms with van der Waals surface area (Å²) in [6.45, 7) is 4.31. The summed E-state index contributed by atoms with van der Waals surface area (Å²) in [6, 6.07) is 5.11. The van der Waals surface area contributed by atoms with E-state index in [1.165, 1.54) is 0 Å². The number of piperidine rings is 1. The number of likely N-dealkylation sites (tertiary alicyclic amines) is 1. The lowest BCUT2D eigenvalue weighted by Crippen LogP contribution is -2.44. The third kappa shape index (κ3) is 6.08. The zero-order valence-corrected chi connectivity index (χ0v) is 17.3. The zero-order chi connectivity index (χ0) is 20.6. The van der Waals surface area contributed by atoms with E-state index < -0.39 is 0 Å². The molecule has 160 valence electrons. The van der Waals surface area contributed by atoms with Gasteiger partial charge in [0.15, 0.2) is 0 Å². The first-order valence-electron chi connectivity index (χ1n) is 10.3. The first kappa shape index (κ1) is 21.4. The van der Waals surface area contributed by atoms with Crippen molar-refractivity contribution < 1.29 is 23.9 Å². The highest BCUT2D eigenvalue weighted by Crippen LogP contribution is 2.23. The van der Waals surface area contributed by atoms with Gasteiger partial charge in [0.1, 0.15) is 11.5 Å². The second kappa shape index (κ2) is 10.5. The SMILES string of the molecule is COc1cc(OC)cc(C(=O)NCC2CCCN(C(=O)CCN3CCCO3)C2)c1. The molecule has 0 radical (unpaired) electrons. The second-order valence-corrected chi connectivity index (χ2v) is 7.53. The van der Waals surface area contributed by atoms with Crippen LogP contribution >= 0.6 is 0 Å². The first-order valence-corrected chi connectivity index (χ1v) is 10.3. The van der Waals surface area contributed by atoms with Gasteiger partial charge in [-0.1, -0.05) is 0 Å². The van der Waals surface area contributed by atoms with Gasteiger partial charge in [-0.3, -0.25) is 14.4 Å². The summed E-state index contributed by atoms with van der Waals surface area (Å²) in [5, 5.41) is 4.87. The van der Waals surface area contributed by atoms with Crippen LogP contribution in [0.4, 0.5) is 0 Å². The fourth-order valence-corrected chi connectivity index (χ4v) is 3.79. The molecular formula is C21H31N3O5. The average Bonchev–Trinajstić information content (AvgIpc) is 3.29. The van der Waals surface area contributed by atoms with Gasteiger partial charge in [-0.15, -0.1) is 0 Å². The van der Waals surface area contributed by atoms with E-state index in [0.29, 0.717) is 43.1 Å². The molecule has 1 unspecified atom stereocenters. The Hall–Kier alpha value is -2.32. The van der Waals surface area contributed by atoms with E-state index in [1.54, 1.807) is 32.4 Å². The van der Waals surface area contributed by atoms with Crippen molar-refractivity contribution in [1.82, 2.24) is 15.3 Å². The number of nitrogens with one attached hydrogen (secondary N) is 1. The van der Waals surface area contributed by atoms with Gasteiger partial charge in [-0.25, -0.2) is 0 Å². The number of hydrogen-bond donors (Lipinski definition) is 1. The molecule has 2 aliphatic heterocycles. The molecule has 0 bridgehead atoms. The molecule has 0 aliphatic carbocycles. The van der Waals surface area contributed by atoms with Gasteiger partial charge in [0.25, 0.3) is 5.91 Å². The predicted octanol–water partition coefficient (Wildman–Crippen LogP) is 1.70. The largest absolute Gasteiger partial charge is 0.497 e. The van der Waals surface area contributed by atoms with E-state index in [4.69, 9.17) is 14.3 Å². The van der Waals surface area contributed by atoms with Crippen LogP contribution < -0.4 is 14.8 Å². The van der Waals surface area contributed by atoms with Crippen molar-refractivity contribution in [2.75, 3.05) is 53.6 Å². The normalized spacial score (nSPS) is 19.8. The summed E-state index contributed by atoms with van der Waals surface area (Å²) >= 11 is 0. The highest BCUT2D eigenvalue weighted by molar-refractivity contribution is 5.95. The van der Waals surface area contributed by atoms with E-state index in [0.717, 1.165) is 39.0 Å². The fourth-order valence-electron chi connectivity index (χ4n) is 3.79. The maximum absolute atomic E-state index is 12.6. The van der Waals surface area contributed by atoms with Gasteiger partial charge in [-0.05, 0) is 37.3 Å². The van der Waals surface area contributed by atoms with Crippen LogP contribution in [0, 0.1) is 5.92 Å². The molecule has 3 rings (SSSR count). The Balaban J connectivity index is 1.47. The molecule has 0 aromatic heterocycles. The number of carbonyl (C=O) groups is 2. The smallest absolute Gasteiger partial charge is 0.251 e. The molecular weight excluding hydrogens is 374 g/mol. The molecule has 2 amide bonds. The molecule has 1 aromatic rings. The van der Waals surface area contributed by atoms with Crippen molar-refractivity contribution >= 4 is 11.8 Å². The van der Waals surface area contributed by atoms with Crippen LogP contribution in [0.5, 0.6) is 11.5 Å². The molecule has 1 N–H and O–H groups in total. The number of hydroxylamine groups is 2. The highest BCUT2D eigenvalue weighted by Gasteiger charge is 2.25. The molecule has 29 heavy (non-hydrogen) atoms. The summed E-state index contributed by atoms with van der Waals surface area (Å²) in [7, 11) is 3.11. The van der Waals surface area contributed by atoms with Crippen LogP contribution in [-0.4, -0.2) is 75.3 Å². The van der Waals surface area contributed by atoms with Gasteiger partial charge in [0.2, 0.25) is 5.91 Å². The van der Waals surface area contributed by atoms with Crippen LogP contribution in [-0.2, 0) is 9.63 Å². The molecule has 2 aliphatic rings. The van der Waals surface area contributed by atoms with Crippen molar-refractivity contribution in [3.8, 4) is 11.5 Å². The molecule has 2 saturated heterocycles. The molecule has 1 atom stereocenters. The molecule has 1 aromatic carbocycles. The Bertz CT molecular complexity index is 683. The van der Waals surface area contributed by atoms with E-state index in [9.17, 15) is 9.59 Å². The third-order valence-corrected chi connectivity index (χ3v) is 5.44. The molecule has 2 fully saturated rings. The number of benzene rings is 1. The van der Waals surface area contributed by atoms with E-state index in [-0.39, 0.29) is 17.7 Å². The third-order valence-electron chi connectivity index (χ3n) is 5.44. The molecule has 0 saturated carbocycles. The van der Waals surface area contributed by atoms with Gasteiger partial charge >= 0.3 is 0 Å². The number of ether oxygens (including phenoxy) is 2. The lowest BCUT2D eigenvalue weighted by atomic mass is 9.97. The van der Waals surface area contributed by atoms with E-state index in [1.807, 2.05) is 9.96 Å². The molecule has 2 heterocycles. The number of methoxy groups -OCH3 is 2. The van der Waals surface area contributed by atoms with Crippen LogP contribution in [0.25, 0.3) is 0 Å². The van der Waals surface area contributed by atoms with Gasteiger partial charge < -0.3 is 19.7 Å². The Morgan fingerprint density at radius 3 is 2.55 bits per heavy atom. The average molecular weight is 405 g/mol. The van der Waals surface area contributed by atoms with Crippen LogP contribution in [0.1, 0.15) is 36.0 Å².